The predicted octanol–water partition coefficient (Wildman–Crippen LogP) is 4.21. The minimum atomic E-state index is -0.986. The SMILES string of the molecule is O=C(O)c1ccccc1Cn1nnc(-c2ccc(OCc3ccc4ccccc4n3)cc2)n1. The van der Waals surface area contributed by atoms with Crippen LogP contribution < -0.4 is 4.74 Å². The zero-order chi connectivity index (χ0) is 22.6. The second-order valence-corrected chi connectivity index (χ2v) is 7.41. The van der Waals surface area contributed by atoms with Gasteiger partial charge in [-0.15, -0.1) is 10.2 Å². The molecule has 5 rings (SSSR count). The van der Waals surface area contributed by atoms with E-state index in [2.05, 4.69) is 20.4 Å². The fraction of sp³-hybridized carbons (Fsp3) is 0.0800. The van der Waals surface area contributed by atoms with Gasteiger partial charge in [-0.25, -0.2) is 9.78 Å². The molecule has 0 amide bonds. The summed E-state index contributed by atoms with van der Waals surface area (Å²) in [6.45, 7) is 0.580. The van der Waals surface area contributed by atoms with E-state index in [1.807, 2.05) is 60.7 Å². The minimum Gasteiger partial charge on any atom is -0.487 e. The number of benzene rings is 3. The van der Waals surface area contributed by atoms with Gasteiger partial charge in [-0.2, -0.15) is 4.80 Å². The Morgan fingerprint density at radius 1 is 0.909 bits per heavy atom. The van der Waals surface area contributed by atoms with Gasteiger partial charge < -0.3 is 9.84 Å². The number of aromatic carboxylic acids is 1. The number of carboxylic acids is 1. The first-order valence-electron chi connectivity index (χ1n) is 10.3. The van der Waals surface area contributed by atoms with Gasteiger partial charge in [0.05, 0.1) is 23.3 Å². The first-order valence-corrected chi connectivity index (χ1v) is 10.3. The van der Waals surface area contributed by atoms with Crippen molar-refractivity contribution in [1.29, 1.82) is 0 Å². The summed E-state index contributed by atoms with van der Waals surface area (Å²) >= 11 is 0. The second kappa shape index (κ2) is 8.88. The van der Waals surface area contributed by atoms with Crippen LogP contribution in [0.1, 0.15) is 21.6 Å². The average molecular weight is 437 g/mol. The number of aromatic nitrogens is 5. The maximum Gasteiger partial charge on any atom is 0.336 e. The minimum absolute atomic E-state index is 0.218. The summed E-state index contributed by atoms with van der Waals surface area (Å²) < 4.78 is 5.87. The molecule has 0 aliphatic carbocycles. The molecule has 162 valence electrons. The van der Waals surface area contributed by atoms with Crippen LogP contribution in [0.25, 0.3) is 22.3 Å². The Balaban J connectivity index is 1.25. The van der Waals surface area contributed by atoms with Gasteiger partial charge >= 0.3 is 5.97 Å². The van der Waals surface area contributed by atoms with Crippen molar-refractivity contribution in [2.24, 2.45) is 0 Å². The molecule has 0 aliphatic rings. The van der Waals surface area contributed by atoms with Gasteiger partial charge in [0.25, 0.3) is 0 Å². The maximum absolute atomic E-state index is 11.4. The van der Waals surface area contributed by atoms with E-state index in [9.17, 15) is 9.90 Å². The van der Waals surface area contributed by atoms with Crippen molar-refractivity contribution < 1.29 is 14.6 Å². The van der Waals surface area contributed by atoms with Crippen LogP contribution in [-0.4, -0.2) is 36.3 Å². The number of hydrogen-bond donors (Lipinski definition) is 1. The highest BCUT2D eigenvalue weighted by Gasteiger charge is 2.12. The van der Waals surface area contributed by atoms with E-state index in [0.717, 1.165) is 22.2 Å². The van der Waals surface area contributed by atoms with Gasteiger partial charge in [0, 0.05) is 10.9 Å². The van der Waals surface area contributed by atoms with E-state index in [1.54, 1.807) is 24.3 Å². The molecule has 8 heteroatoms. The van der Waals surface area contributed by atoms with Crippen molar-refractivity contribution in [3.05, 3.63) is 102 Å². The van der Waals surface area contributed by atoms with Gasteiger partial charge in [0.1, 0.15) is 12.4 Å². The fourth-order valence-electron chi connectivity index (χ4n) is 3.49. The third-order valence-electron chi connectivity index (χ3n) is 5.17. The Kier molecular flexibility index (Phi) is 5.47. The van der Waals surface area contributed by atoms with Crippen molar-refractivity contribution in [3.63, 3.8) is 0 Å². The Morgan fingerprint density at radius 2 is 1.70 bits per heavy atom. The molecule has 0 atom stereocenters. The van der Waals surface area contributed by atoms with Crippen LogP contribution in [-0.2, 0) is 13.2 Å². The number of para-hydroxylation sites is 1. The number of nitrogens with zero attached hydrogens (tertiary/aromatic N) is 5. The van der Waals surface area contributed by atoms with Crippen molar-refractivity contribution >= 4 is 16.9 Å². The summed E-state index contributed by atoms with van der Waals surface area (Å²) in [4.78, 5) is 17.4. The van der Waals surface area contributed by atoms with E-state index < -0.39 is 5.97 Å². The summed E-state index contributed by atoms with van der Waals surface area (Å²) in [5.41, 5.74) is 3.40. The Morgan fingerprint density at radius 3 is 2.55 bits per heavy atom. The van der Waals surface area contributed by atoms with Crippen molar-refractivity contribution in [2.75, 3.05) is 0 Å². The summed E-state index contributed by atoms with van der Waals surface area (Å²) in [6.07, 6.45) is 0. The lowest BCUT2D eigenvalue weighted by atomic mass is 10.1. The Hall–Kier alpha value is -4.59. The number of tetrazole rings is 1. The quantitative estimate of drug-likeness (QED) is 0.407. The number of pyridine rings is 1. The molecule has 0 bridgehead atoms. The lowest BCUT2D eigenvalue weighted by Crippen LogP contribution is -2.09. The van der Waals surface area contributed by atoms with Gasteiger partial charge in [0.2, 0.25) is 5.82 Å². The van der Waals surface area contributed by atoms with Crippen LogP contribution >= 0.6 is 0 Å². The molecular weight excluding hydrogens is 418 g/mol. The Labute approximate surface area is 189 Å². The summed E-state index contributed by atoms with van der Waals surface area (Å²) in [5.74, 6) is 0.169. The topological polar surface area (TPSA) is 103 Å². The molecule has 2 aromatic heterocycles. The average Bonchev–Trinajstić information content (AvgIpc) is 3.31. The Bertz CT molecular complexity index is 1430. The monoisotopic (exact) mass is 437 g/mol. The molecule has 0 aliphatic heterocycles. The van der Waals surface area contributed by atoms with E-state index >= 15 is 0 Å². The van der Waals surface area contributed by atoms with Crippen LogP contribution in [0.2, 0.25) is 0 Å². The molecule has 3 aromatic carbocycles. The number of fused-ring (bicyclic) bond motifs is 1. The van der Waals surface area contributed by atoms with Crippen molar-refractivity contribution in [3.8, 4) is 17.1 Å². The number of carboxylic acid groups (broad SMARTS) is 1. The van der Waals surface area contributed by atoms with Crippen LogP contribution in [0, 0.1) is 0 Å². The molecule has 0 radical (unpaired) electrons. The van der Waals surface area contributed by atoms with Gasteiger partial charge in [0.15, 0.2) is 0 Å². The largest absolute Gasteiger partial charge is 0.487 e. The molecular formula is C25H19N5O3. The lowest BCUT2D eigenvalue weighted by Gasteiger charge is -2.07. The number of hydrogen-bond acceptors (Lipinski definition) is 6. The zero-order valence-corrected chi connectivity index (χ0v) is 17.5. The van der Waals surface area contributed by atoms with E-state index in [4.69, 9.17) is 4.74 Å². The smallest absolute Gasteiger partial charge is 0.336 e. The predicted molar refractivity (Wildman–Crippen MR) is 122 cm³/mol. The normalized spacial score (nSPS) is 10.9. The summed E-state index contributed by atoms with van der Waals surface area (Å²) in [6, 6.07) is 26.1. The molecule has 0 spiro atoms. The molecule has 0 saturated heterocycles. The third-order valence-corrected chi connectivity index (χ3v) is 5.17. The molecule has 5 aromatic rings. The third kappa shape index (κ3) is 4.54. The molecule has 0 saturated carbocycles. The van der Waals surface area contributed by atoms with Gasteiger partial charge in [-0.05, 0) is 53.2 Å². The first-order chi connectivity index (χ1) is 16.2. The van der Waals surface area contributed by atoms with E-state index in [1.165, 1.54) is 4.80 Å². The molecule has 0 fully saturated rings. The number of carbonyl (C=O) groups is 1. The number of rotatable bonds is 7. The highest BCUT2D eigenvalue weighted by molar-refractivity contribution is 5.89. The zero-order valence-electron chi connectivity index (χ0n) is 17.5. The fourth-order valence-corrected chi connectivity index (χ4v) is 3.49. The maximum atomic E-state index is 11.4. The molecule has 1 N–H and O–H groups in total. The molecule has 0 unspecified atom stereocenters. The van der Waals surface area contributed by atoms with E-state index in [-0.39, 0.29) is 12.1 Å². The highest BCUT2D eigenvalue weighted by Crippen LogP contribution is 2.20. The summed E-state index contributed by atoms with van der Waals surface area (Å²) in [7, 11) is 0. The van der Waals surface area contributed by atoms with Crippen LogP contribution in [0.3, 0.4) is 0 Å². The molecule has 2 heterocycles. The lowest BCUT2D eigenvalue weighted by molar-refractivity contribution is 0.0695. The molecule has 8 nitrogen and oxygen atoms in total. The van der Waals surface area contributed by atoms with Gasteiger partial charge in [-0.3, -0.25) is 0 Å². The van der Waals surface area contributed by atoms with Crippen molar-refractivity contribution in [2.45, 2.75) is 13.2 Å². The van der Waals surface area contributed by atoms with Crippen LogP contribution in [0.4, 0.5) is 0 Å². The van der Waals surface area contributed by atoms with Crippen LogP contribution in [0.15, 0.2) is 84.9 Å². The van der Waals surface area contributed by atoms with Gasteiger partial charge in [-0.1, -0.05) is 42.5 Å². The first kappa shape index (κ1) is 20.3. The second-order valence-electron chi connectivity index (χ2n) is 7.41. The molecule has 33 heavy (non-hydrogen) atoms. The highest BCUT2D eigenvalue weighted by atomic mass is 16.5. The van der Waals surface area contributed by atoms with Crippen LogP contribution in [0.5, 0.6) is 5.75 Å². The van der Waals surface area contributed by atoms with Crippen molar-refractivity contribution in [1.82, 2.24) is 25.2 Å². The standard InChI is InChI=1S/C25H19N5O3/c31-25(32)22-7-3-1-6-19(22)15-30-28-24(27-29-30)18-10-13-21(14-11-18)33-16-20-12-9-17-5-2-4-8-23(17)26-20/h1-14H,15-16H2,(H,31,32). The number of ether oxygens (including phenoxy) is 1. The summed E-state index contributed by atoms with van der Waals surface area (Å²) in [5, 5.41) is 23.0. The van der Waals surface area contributed by atoms with E-state index in [0.29, 0.717) is 23.7 Å².